The molecule has 3 amide bonds. The van der Waals surface area contributed by atoms with Crippen LogP contribution in [0.4, 0.5) is 9.18 Å². The number of hydrogen-bond acceptors (Lipinski definition) is 2. The molecule has 2 aromatic carbocycles. The zero-order valence-corrected chi connectivity index (χ0v) is 13.7. The van der Waals surface area contributed by atoms with E-state index in [1.165, 1.54) is 12.1 Å². The molecule has 1 atom stereocenters. The topological polar surface area (TPSA) is 61.4 Å². The van der Waals surface area contributed by atoms with E-state index >= 15 is 0 Å². The molecule has 1 fully saturated rings. The molecule has 1 saturated heterocycles. The van der Waals surface area contributed by atoms with Gasteiger partial charge in [-0.2, -0.15) is 0 Å². The van der Waals surface area contributed by atoms with Gasteiger partial charge in [-0.3, -0.25) is 4.79 Å². The number of benzene rings is 2. The highest BCUT2D eigenvalue weighted by Gasteiger charge is 2.28. The van der Waals surface area contributed by atoms with Crippen LogP contribution in [0, 0.1) is 5.82 Å². The summed E-state index contributed by atoms with van der Waals surface area (Å²) in [6.45, 7) is 1.45. The number of carbonyl (C=O) groups excluding carboxylic acids is 2. The third kappa shape index (κ3) is 4.35. The number of amides is 3. The average molecular weight is 341 g/mol. The number of urea groups is 1. The van der Waals surface area contributed by atoms with Crippen LogP contribution in [-0.4, -0.2) is 42.5 Å². The molecule has 1 aliphatic rings. The maximum absolute atomic E-state index is 13.4. The Hall–Kier alpha value is -2.89. The maximum atomic E-state index is 13.4. The zero-order chi connectivity index (χ0) is 17.6. The van der Waals surface area contributed by atoms with Gasteiger partial charge in [-0.25, -0.2) is 9.18 Å². The molecule has 1 heterocycles. The number of nitrogens with zero attached hydrogens (tertiary/aromatic N) is 1. The van der Waals surface area contributed by atoms with Crippen molar-refractivity contribution in [3.8, 4) is 0 Å². The van der Waals surface area contributed by atoms with Crippen molar-refractivity contribution in [3.63, 3.8) is 0 Å². The third-order valence-corrected chi connectivity index (χ3v) is 4.23. The van der Waals surface area contributed by atoms with E-state index in [4.69, 9.17) is 0 Å². The van der Waals surface area contributed by atoms with Crippen LogP contribution in [0.3, 0.4) is 0 Å². The highest BCUT2D eigenvalue weighted by Crippen LogP contribution is 2.13. The van der Waals surface area contributed by atoms with E-state index in [0.717, 1.165) is 5.56 Å². The highest BCUT2D eigenvalue weighted by molar-refractivity contribution is 5.94. The van der Waals surface area contributed by atoms with Crippen molar-refractivity contribution in [2.45, 2.75) is 12.5 Å². The first-order valence-corrected chi connectivity index (χ1v) is 8.25. The number of rotatable bonds is 6. The fraction of sp³-hybridized carbons (Fsp3) is 0.263. The quantitative estimate of drug-likeness (QED) is 0.846. The molecule has 0 bridgehead atoms. The Morgan fingerprint density at radius 1 is 1.20 bits per heavy atom. The lowest BCUT2D eigenvalue weighted by atomic mass is 10.0. The van der Waals surface area contributed by atoms with Crippen LogP contribution in [0.2, 0.25) is 0 Å². The van der Waals surface area contributed by atoms with Crippen LogP contribution in [0.15, 0.2) is 54.6 Å². The molecule has 0 unspecified atom stereocenters. The smallest absolute Gasteiger partial charge is 0.317 e. The maximum Gasteiger partial charge on any atom is 0.317 e. The standard InChI is InChI=1S/C19H20FN3O2/c20-16-8-4-5-14(11-16)12-17(23-10-9-21-19(23)25)13-22-18(24)15-6-2-1-3-7-15/h1-8,11,17H,9-10,12-13H2,(H,21,25)(H,22,24)/t17-/m0/s1. The van der Waals surface area contributed by atoms with Gasteiger partial charge in [-0.1, -0.05) is 30.3 Å². The molecule has 1 aliphatic heterocycles. The summed E-state index contributed by atoms with van der Waals surface area (Å²) < 4.78 is 13.4. The minimum atomic E-state index is -0.310. The Bertz CT molecular complexity index is 751. The summed E-state index contributed by atoms with van der Waals surface area (Å²) in [7, 11) is 0. The summed E-state index contributed by atoms with van der Waals surface area (Å²) in [6.07, 6.45) is 0.472. The van der Waals surface area contributed by atoms with Crippen LogP contribution in [-0.2, 0) is 6.42 Å². The van der Waals surface area contributed by atoms with Gasteiger partial charge >= 0.3 is 6.03 Å². The Kier molecular flexibility index (Phi) is 5.28. The second-order valence-corrected chi connectivity index (χ2v) is 5.99. The van der Waals surface area contributed by atoms with Crippen molar-refractivity contribution >= 4 is 11.9 Å². The second-order valence-electron chi connectivity index (χ2n) is 5.99. The molecule has 130 valence electrons. The van der Waals surface area contributed by atoms with Gasteiger partial charge in [0.05, 0.1) is 6.04 Å². The molecule has 0 aliphatic carbocycles. The molecule has 0 saturated carbocycles. The molecule has 5 nitrogen and oxygen atoms in total. The van der Waals surface area contributed by atoms with E-state index in [0.29, 0.717) is 31.6 Å². The molecule has 6 heteroatoms. The Labute approximate surface area is 145 Å². The minimum absolute atomic E-state index is 0.157. The zero-order valence-electron chi connectivity index (χ0n) is 13.7. The van der Waals surface area contributed by atoms with E-state index in [2.05, 4.69) is 10.6 Å². The molecule has 0 radical (unpaired) electrons. The number of halogens is 1. The van der Waals surface area contributed by atoms with E-state index in [1.807, 2.05) is 12.1 Å². The van der Waals surface area contributed by atoms with Crippen LogP contribution in [0.1, 0.15) is 15.9 Å². The van der Waals surface area contributed by atoms with Gasteiger partial charge in [0.15, 0.2) is 0 Å². The molecular formula is C19H20FN3O2. The molecular weight excluding hydrogens is 321 g/mol. The molecule has 0 spiro atoms. The van der Waals surface area contributed by atoms with Crippen LogP contribution in [0.25, 0.3) is 0 Å². The van der Waals surface area contributed by atoms with Gasteiger partial charge in [0.25, 0.3) is 5.91 Å². The first-order valence-electron chi connectivity index (χ1n) is 8.25. The first-order chi connectivity index (χ1) is 12.1. The average Bonchev–Trinajstić information content (AvgIpc) is 3.05. The monoisotopic (exact) mass is 341 g/mol. The van der Waals surface area contributed by atoms with Crippen molar-refractivity contribution in [1.82, 2.24) is 15.5 Å². The lowest BCUT2D eigenvalue weighted by Gasteiger charge is -2.27. The van der Waals surface area contributed by atoms with Gasteiger partial charge < -0.3 is 15.5 Å². The summed E-state index contributed by atoms with van der Waals surface area (Å²) >= 11 is 0. The number of nitrogens with one attached hydrogen (secondary N) is 2. The van der Waals surface area contributed by atoms with E-state index in [1.54, 1.807) is 35.2 Å². The summed E-state index contributed by atoms with van der Waals surface area (Å²) in [6, 6.07) is 14.8. The number of hydrogen-bond donors (Lipinski definition) is 2. The van der Waals surface area contributed by atoms with Crippen LogP contribution >= 0.6 is 0 Å². The molecule has 0 aromatic heterocycles. The summed E-state index contributed by atoms with van der Waals surface area (Å²) in [5.74, 6) is -0.500. The first kappa shape index (κ1) is 17.0. The van der Waals surface area contributed by atoms with E-state index in [9.17, 15) is 14.0 Å². The van der Waals surface area contributed by atoms with Crippen molar-refractivity contribution in [2.75, 3.05) is 19.6 Å². The van der Waals surface area contributed by atoms with Crippen molar-refractivity contribution in [1.29, 1.82) is 0 Å². The lowest BCUT2D eigenvalue weighted by Crippen LogP contribution is -2.46. The number of carbonyl (C=O) groups is 2. The van der Waals surface area contributed by atoms with E-state index in [-0.39, 0.29) is 23.8 Å². The van der Waals surface area contributed by atoms with Gasteiger partial charge in [-0.05, 0) is 36.2 Å². The molecule has 2 N–H and O–H groups in total. The third-order valence-electron chi connectivity index (χ3n) is 4.23. The molecule has 25 heavy (non-hydrogen) atoms. The molecule has 3 rings (SSSR count). The van der Waals surface area contributed by atoms with Crippen LogP contribution in [0.5, 0.6) is 0 Å². The van der Waals surface area contributed by atoms with Crippen LogP contribution < -0.4 is 10.6 Å². The Morgan fingerprint density at radius 2 is 2.00 bits per heavy atom. The summed E-state index contributed by atoms with van der Waals surface area (Å²) in [5, 5.41) is 5.64. The van der Waals surface area contributed by atoms with Gasteiger partial charge in [-0.15, -0.1) is 0 Å². The van der Waals surface area contributed by atoms with Crippen molar-refractivity contribution in [2.24, 2.45) is 0 Å². The summed E-state index contributed by atoms with van der Waals surface area (Å²) in [5.41, 5.74) is 1.36. The summed E-state index contributed by atoms with van der Waals surface area (Å²) in [4.78, 5) is 26.0. The minimum Gasteiger partial charge on any atom is -0.350 e. The highest BCUT2D eigenvalue weighted by atomic mass is 19.1. The van der Waals surface area contributed by atoms with Gasteiger partial charge in [0.2, 0.25) is 0 Å². The van der Waals surface area contributed by atoms with Crippen molar-refractivity contribution in [3.05, 3.63) is 71.5 Å². The van der Waals surface area contributed by atoms with Gasteiger partial charge in [0, 0.05) is 25.2 Å². The normalized spacial score (nSPS) is 14.9. The largest absolute Gasteiger partial charge is 0.350 e. The SMILES string of the molecule is O=C(NC[C@H](Cc1cccc(F)c1)N1CCNC1=O)c1ccccc1. The predicted octanol–water partition coefficient (Wildman–Crippen LogP) is 2.19. The molecule has 2 aromatic rings. The fourth-order valence-electron chi connectivity index (χ4n) is 2.97. The van der Waals surface area contributed by atoms with Gasteiger partial charge in [0.1, 0.15) is 5.82 Å². The van der Waals surface area contributed by atoms with Crippen molar-refractivity contribution < 1.29 is 14.0 Å². The predicted molar refractivity (Wildman–Crippen MR) is 92.8 cm³/mol. The lowest BCUT2D eigenvalue weighted by molar-refractivity contribution is 0.0940. The Balaban J connectivity index is 1.70. The second kappa shape index (κ2) is 7.79. The Morgan fingerprint density at radius 3 is 2.68 bits per heavy atom. The fourth-order valence-corrected chi connectivity index (χ4v) is 2.97. The van der Waals surface area contributed by atoms with E-state index < -0.39 is 0 Å².